The fourth-order valence-corrected chi connectivity index (χ4v) is 2.67. The minimum absolute atomic E-state index is 0.128. The Morgan fingerprint density at radius 3 is 2.52 bits per heavy atom. The topological polar surface area (TPSA) is 20.3 Å². The van der Waals surface area contributed by atoms with Crippen molar-refractivity contribution in [3.05, 3.63) is 68.3 Å². The lowest BCUT2D eigenvalue weighted by Crippen LogP contribution is -2.28. The fraction of sp³-hybridized carbons (Fsp3) is 0.235. The summed E-state index contributed by atoms with van der Waals surface area (Å²) in [5.41, 5.74) is 1.86. The largest absolute Gasteiger partial charge is 0.293 e. The number of hydrogen-bond donors (Lipinski definition) is 0. The van der Waals surface area contributed by atoms with Crippen LogP contribution in [0.2, 0.25) is 5.02 Å². The van der Waals surface area contributed by atoms with Gasteiger partial charge in [0, 0.05) is 20.2 Å². The highest BCUT2D eigenvalue weighted by molar-refractivity contribution is 14.1. The van der Waals surface area contributed by atoms with E-state index < -0.39 is 0 Å². The van der Waals surface area contributed by atoms with E-state index in [1.54, 1.807) is 0 Å². The predicted octanol–water partition coefficient (Wildman–Crippen LogP) is 4.82. The number of halogens is 2. The third kappa shape index (κ3) is 4.53. The summed E-state index contributed by atoms with van der Waals surface area (Å²) in [7, 11) is 1.95. The zero-order valence-electron chi connectivity index (χ0n) is 12.0. The van der Waals surface area contributed by atoms with E-state index in [0.29, 0.717) is 6.54 Å². The summed E-state index contributed by atoms with van der Waals surface area (Å²) >= 11 is 8.26. The molecule has 0 aromatic heterocycles. The van der Waals surface area contributed by atoms with Gasteiger partial charge in [-0.1, -0.05) is 35.9 Å². The maximum atomic E-state index is 12.3. The lowest BCUT2D eigenvalue weighted by atomic mass is 10.1. The number of likely N-dealkylation sites (N-methyl/N-ethyl adjacent to an activating group) is 1. The predicted molar refractivity (Wildman–Crippen MR) is 96.0 cm³/mol. The molecular weight excluding hydrogens is 397 g/mol. The highest BCUT2D eigenvalue weighted by atomic mass is 127. The number of ketones is 1. The lowest BCUT2D eigenvalue weighted by molar-refractivity contribution is 0.0925. The molecule has 0 saturated heterocycles. The van der Waals surface area contributed by atoms with Crippen LogP contribution in [-0.4, -0.2) is 24.3 Å². The van der Waals surface area contributed by atoms with E-state index in [2.05, 4.69) is 29.5 Å². The zero-order valence-corrected chi connectivity index (χ0v) is 14.9. The first-order chi connectivity index (χ1) is 9.97. The van der Waals surface area contributed by atoms with Crippen molar-refractivity contribution in [3.8, 4) is 0 Å². The summed E-state index contributed by atoms with van der Waals surface area (Å²) in [4.78, 5) is 14.3. The fourth-order valence-electron chi connectivity index (χ4n) is 2.11. The first-order valence-corrected chi connectivity index (χ1v) is 8.17. The number of rotatable bonds is 5. The van der Waals surface area contributed by atoms with Crippen LogP contribution in [0.15, 0.2) is 48.5 Å². The monoisotopic (exact) mass is 413 g/mol. The number of benzene rings is 2. The van der Waals surface area contributed by atoms with Crippen LogP contribution in [0.4, 0.5) is 0 Å². The second-order valence-electron chi connectivity index (χ2n) is 5.08. The Morgan fingerprint density at radius 1 is 1.24 bits per heavy atom. The van der Waals surface area contributed by atoms with Crippen molar-refractivity contribution in [2.24, 2.45) is 0 Å². The summed E-state index contributed by atoms with van der Waals surface area (Å²) in [6.45, 7) is 2.46. The van der Waals surface area contributed by atoms with E-state index in [4.69, 9.17) is 11.6 Å². The van der Waals surface area contributed by atoms with E-state index >= 15 is 0 Å². The van der Waals surface area contributed by atoms with Gasteiger partial charge >= 0.3 is 0 Å². The quantitative estimate of drug-likeness (QED) is 0.517. The molecule has 0 bridgehead atoms. The van der Waals surface area contributed by atoms with Crippen LogP contribution < -0.4 is 0 Å². The Balaban J connectivity index is 2.05. The molecule has 2 aromatic rings. The molecule has 0 amide bonds. The summed E-state index contributed by atoms with van der Waals surface area (Å²) < 4.78 is 1.13. The van der Waals surface area contributed by atoms with Crippen molar-refractivity contribution in [1.82, 2.24) is 4.90 Å². The first kappa shape index (κ1) is 16.5. The van der Waals surface area contributed by atoms with E-state index in [1.807, 2.05) is 60.5 Å². The summed E-state index contributed by atoms with van der Waals surface area (Å²) in [6, 6.07) is 15.6. The molecule has 0 aliphatic rings. The van der Waals surface area contributed by atoms with Crippen molar-refractivity contribution in [2.75, 3.05) is 13.6 Å². The molecule has 21 heavy (non-hydrogen) atoms. The standard InChI is InChI=1S/C17H17ClINO/c1-12(14-4-3-5-15(18)10-14)20(2)11-17(21)13-6-8-16(19)9-7-13/h3-10,12H,11H2,1-2H3. The molecule has 1 unspecified atom stereocenters. The first-order valence-electron chi connectivity index (χ1n) is 6.72. The van der Waals surface area contributed by atoms with Gasteiger partial charge in [0.15, 0.2) is 5.78 Å². The SMILES string of the molecule is CC(c1cccc(Cl)c1)N(C)CC(=O)c1ccc(I)cc1. The number of hydrogen-bond acceptors (Lipinski definition) is 2. The van der Waals surface area contributed by atoms with Crippen LogP contribution in [-0.2, 0) is 0 Å². The van der Waals surface area contributed by atoms with Crippen molar-refractivity contribution in [1.29, 1.82) is 0 Å². The summed E-state index contributed by atoms with van der Waals surface area (Å²) in [5, 5.41) is 0.719. The molecule has 0 N–H and O–H groups in total. The molecule has 0 heterocycles. The lowest BCUT2D eigenvalue weighted by Gasteiger charge is -2.24. The second kappa shape index (κ2) is 7.38. The highest BCUT2D eigenvalue weighted by Crippen LogP contribution is 2.22. The van der Waals surface area contributed by atoms with Gasteiger partial charge in [-0.15, -0.1) is 0 Å². The molecule has 2 aromatic carbocycles. The molecule has 2 rings (SSSR count). The second-order valence-corrected chi connectivity index (χ2v) is 6.76. The maximum Gasteiger partial charge on any atom is 0.176 e. The van der Waals surface area contributed by atoms with Crippen molar-refractivity contribution >= 4 is 40.0 Å². The van der Waals surface area contributed by atoms with E-state index in [-0.39, 0.29) is 11.8 Å². The van der Waals surface area contributed by atoms with E-state index in [1.165, 1.54) is 0 Å². The molecule has 0 aliphatic heterocycles. The minimum Gasteiger partial charge on any atom is -0.293 e. The van der Waals surface area contributed by atoms with Gasteiger partial charge in [-0.2, -0.15) is 0 Å². The molecule has 1 atom stereocenters. The van der Waals surface area contributed by atoms with Crippen molar-refractivity contribution in [2.45, 2.75) is 13.0 Å². The Morgan fingerprint density at radius 2 is 1.90 bits per heavy atom. The Bertz CT molecular complexity index is 627. The molecule has 0 aliphatic carbocycles. The van der Waals surface area contributed by atoms with E-state index in [9.17, 15) is 4.79 Å². The average molecular weight is 414 g/mol. The normalized spacial score (nSPS) is 12.4. The van der Waals surface area contributed by atoms with Gasteiger partial charge in [0.1, 0.15) is 0 Å². The molecule has 0 radical (unpaired) electrons. The zero-order chi connectivity index (χ0) is 15.4. The molecule has 4 heteroatoms. The highest BCUT2D eigenvalue weighted by Gasteiger charge is 2.16. The van der Waals surface area contributed by atoms with Crippen LogP contribution in [0.1, 0.15) is 28.9 Å². The van der Waals surface area contributed by atoms with E-state index in [0.717, 1.165) is 19.7 Å². The average Bonchev–Trinajstić information content (AvgIpc) is 2.47. The number of carbonyl (C=O) groups excluding carboxylic acids is 1. The van der Waals surface area contributed by atoms with Crippen molar-refractivity contribution in [3.63, 3.8) is 0 Å². The minimum atomic E-state index is 0.128. The summed E-state index contributed by atoms with van der Waals surface area (Å²) in [6.07, 6.45) is 0. The third-order valence-electron chi connectivity index (χ3n) is 3.55. The van der Waals surface area contributed by atoms with Crippen LogP contribution in [0.25, 0.3) is 0 Å². The Labute approximate surface area is 144 Å². The molecule has 0 fully saturated rings. The summed E-state index contributed by atoms with van der Waals surface area (Å²) in [5.74, 6) is 0.128. The molecule has 2 nitrogen and oxygen atoms in total. The smallest absolute Gasteiger partial charge is 0.176 e. The Hall–Kier alpha value is -0.910. The number of Topliss-reactive ketones (excluding diaryl/α,β-unsaturated/α-hetero) is 1. The molecule has 110 valence electrons. The van der Waals surface area contributed by atoms with Crippen LogP contribution in [0.5, 0.6) is 0 Å². The molecule has 0 spiro atoms. The van der Waals surface area contributed by atoms with Gasteiger partial charge in [-0.05, 0) is 66.4 Å². The van der Waals surface area contributed by atoms with Gasteiger partial charge in [0.25, 0.3) is 0 Å². The van der Waals surface area contributed by atoms with Gasteiger partial charge < -0.3 is 0 Å². The van der Waals surface area contributed by atoms with Crippen molar-refractivity contribution < 1.29 is 4.79 Å². The van der Waals surface area contributed by atoms with Gasteiger partial charge in [-0.3, -0.25) is 9.69 Å². The third-order valence-corrected chi connectivity index (χ3v) is 4.51. The van der Waals surface area contributed by atoms with Crippen LogP contribution >= 0.6 is 34.2 Å². The van der Waals surface area contributed by atoms with Gasteiger partial charge in [0.05, 0.1) is 6.54 Å². The van der Waals surface area contributed by atoms with Gasteiger partial charge in [0.2, 0.25) is 0 Å². The maximum absolute atomic E-state index is 12.3. The molecular formula is C17H17ClINO. The van der Waals surface area contributed by atoms with Crippen LogP contribution in [0.3, 0.4) is 0 Å². The number of nitrogens with zero attached hydrogens (tertiary/aromatic N) is 1. The Kier molecular flexibility index (Phi) is 5.79. The van der Waals surface area contributed by atoms with Gasteiger partial charge in [-0.25, -0.2) is 0 Å². The number of carbonyl (C=O) groups is 1. The van der Waals surface area contributed by atoms with Crippen LogP contribution in [0, 0.1) is 3.57 Å². The molecule has 0 saturated carbocycles.